The van der Waals surface area contributed by atoms with Crippen molar-refractivity contribution in [2.75, 3.05) is 6.61 Å². The smallest absolute Gasteiger partial charge is 0.295 e. The summed E-state index contributed by atoms with van der Waals surface area (Å²) in [6.07, 6.45) is 5.08. The van der Waals surface area contributed by atoms with Gasteiger partial charge in [0.1, 0.15) is 0 Å². The SMILES string of the molecule is C#CCOc1nnc(-c2ccc(Cl)cc2)s1. The Morgan fingerprint density at radius 1 is 1.31 bits per heavy atom. The molecule has 16 heavy (non-hydrogen) atoms. The first kappa shape index (κ1) is 10.9. The molecule has 1 aromatic carbocycles. The van der Waals surface area contributed by atoms with E-state index in [1.807, 2.05) is 12.1 Å². The number of benzene rings is 1. The van der Waals surface area contributed by atoms with Crippen LogP contribution in [0.2, 0.25) is 5.02 Å². The highest BCUT2D eigenvalue weighted by atomic mass is 35.5. The molecule has 0 unspecified atom stereocenters. The van der Waals surface area contributed by atoms with Crippen LogP contribution in [0.25, 0.3) is 10.6 Å². The molecule has 1 aromatic heterocycles. The maximum Gasteiger partial charge on any atom is 0.295 e. The molecule has 0 saturated heterocycles. The molecule has 0 aliphatic heterocycles. The fourth-order valence-corrected chi connectivity index (χ4v) is 1.91. The second kappa shape index (κ2) is 4.97. The van der Waals surface area contributed by atoms with E-state index >= 15 is 0 Å². The summed E-state index contributed by atoms with van der Waals surface area (Å²) in [5, 5.41) is 9.82. The summed E-state index contributed by atoms with van der Waals surface area (Å²) in [5.74, 6) is 2.37. The van der Waals surface area contributed by atoms with Crippen LogP contribution in [0, 0.1) is 12.3 Å². The van der Waals surface area contributed by atoms with Crippen LogP contribution >= 0.6 is 22.9 Å². The van der Waals surface area contributed by atoms with E-state index in [-0.39, 0.29) is 6.61 Å². The molecule has 0 amide bonds. The lowest BCUT2D eigenvalue weighted by Crippen LogP contribution is -1.91. The Hall–Kier alpha value is -1.57. The van der Waals surface area contributed by atoms with Crippen molar-refractivity contribution < 1.29 is 4.74 Å². The molecule has 2 aromatic rings. The van der Waals surface area contributed by atoms with Crippen molar-refractivity contribution in [2.45, 2.75) is 0 Å². The van der Waals surface area contributed by atoms with Gasteiger partial charge in [0.05, 0.1) is 0 Å². The number of aromatic nitrogens is 2. The third-order valence-corrected chi connectivity index (χ3v) is 2.91. The molecule has 0 radical (unpaired) electrons. The van der Waals surface area contributed by atoms with E-state index in [0.717, 1.165) is 10.6 Å². The molecule has 0 bridgehead atoms. The normalized spacial score (nSPS) is 9.75. The maximum absolute atomic E-state index is 5.79. The topological polar surface area (TPSA) is 35.0 Å². The minimum atomic E-state index is 0.204. The fourth-order valence-electron chi connectivity index (χ4n) is 1.08. The van der Waals surface area contributed by atoms with E-state index in [2.05, 4.69) is 16.1 Å². The van der Waals surface area contributed by atoms with E-state index in [4.69, 9.17) is 22.8 Å². The average Bonchev–Trinajstić information content (AvgIpc) is 2.76. The van der Waals surface area contributed by atoms with Gasteiger partial charge in [-0.2, -0.15) is 0 Å². The Balaban J connectivity index is 2.18. The number of terminal acetylenes is 1. The van der Waals surface area contributed by atoms with Gasteiger partial charge in [0.15, 0.2) is 11.6 Å². The maximum atomic E-state index is 5.79. The molecular weight excluding hydrogens is 244 g/mol. The minimum Gasteiger partial charge on any atom is -0.456 e. The highest BCUT2D eigenvalue weighted by Gasteiger charge is 2.06. The Morgan fingerprint density at radius 3 is 2.75 bits per heavy atom. The molecule has 0 saturated carbocycles. The van der Waals surface area contributed by atoms with Crippen molar-refractivity contribution >= 4 is 22.9 Å². The van der Waals surface area contributed by atoms with Crippen LogP contribution in [0.1, 0.15) is 0 Å². The van der Waals surface area contributed by atoms with Gasteiger partial charge in [0.25, 0.3) is 5.19 Å². The lowest BCUT2D eigenvalue weighted by atomic mass is 10.2. The zero-order valence-corrected chi connectivity index (χ0v) is 9.76. The third kappa shape index (κ3) is 2.51. The lowest BCUT2D eigenvalue weighted by molar-refractivity contribution is 0.364. The first-order valence-electron chi connectivity index (χ1n) is 4.45. The summed E-state index contributed by atoms with van der Waals surface area (Å²) in [6.45, 7) is 0.204. The second-order valence-electron chi connectivity index (χ2n) is 2.87. The Kier molecular flexibility index (Phi) is 3.40. The molecule has 1 heterocycles. The summed E-state index contributed by atoms with van der Waals surface area (Å²) in [7, 11) is 0. The molecular formula is C11H7ClN2OS. The number of nitrogens with zero attached hydrogens (tertiary/aromatic N) is 2. The van der Waals surface area contributed by atoms with Crippen molar-refractivity contribution in [1.29, 1.82) is 0 Å². The van der Waals surface area contributed by atoms with Crippen LogP contribution in [0.3, 0.4) is 0 Å². The van der Waals surface area contributed by atoms with Gasteiger partial charge >= 0.3 is 0 Å². The average molecular weight is 251 g/mol. The molecule has 0 fully saturated rings. The van der Waals surface area contributed by atoms with Gasteiger partial charge in [0.2, 0.25) is 0 Å². The van der Waals surface area contributed by atoms with Crippen molar-refractivity contribution in [2.24, 2.45) is 0 Å². The number of ether oxygens (including phenoxy) is 1. The van der Waals surface area contributed by atoms with Crippen molar-refractivity contribution in [3.8, 4) is 28.1 Å². The van der Waals surface area contributed by atoms with Gasteiger partial charge < -0.3 is 4.74 Å². The first-order valence-corrected chi connectivity index (χ1v) is 5.65. The summed E-state index contributed by atoms with van der Waals surface area (Å²) < 4.78 is 5.16. The van der Waals surface area contributed by atoms with Gasteiger partial charge in [-0.15, -0.1) is 11.5 Å². The summed E-state index contributed by atoms with van der Waals surface area (Å²) >= 11 is 7.14. The molecule has 0 atom stereocenters. The zero-order valence-electron chi connectivity index (χ0n) is 8.18. The van der Waals surface area contributed by atoms with Crippen LogP contribution in [0.4, 0.5) is 0 Å². The van der Waals surface area contributed by atoms with Crippen LogP contribution in [-0.4, -0.2) is 16.8 Å². The van der Waals surface area contributed by atoms with Crippen LogP contribution in [0.5, 0.6) is 5.19 Å². The largest absolute Gasteiger partial charge is 0.456 e. The Bertz CT molecular complexity index is 516. The van der Waals surface area contributed by atoms with Crippen molar-refractivity contribution in [3.63, 3.8) is 0 Å². The van der Waals surface area contributed by atoms with E-state index in [0.29, 0.717) is 10.2 Å². The standard InChI is InChI=1S/C11H7ClN2OS/c1-2-7-15-11-14-13-10(16-11)8-3-5-9(12)6-4-8/h1,3-6H,7H2. The Morgan fingerprint density at radius 2 is 2.06 bits per heavy atom. The number of hydrogen-bond acceptors (Lipinski definition) is 4. The molecule has 80 valence electrons. The fraction of sp³-hybridized carbons (Fsp3) is 0.0909. The molecule has 0 aliphatic carbocycles. The molecule has 0 aliphatic rings. The summed E-state index contributed by atoms with van der Waals surface area (Å²) in [6, 6.07) is 7.38. The van der Waals surface area contributed by atoms with Crippen LogP contribution in [-0.2, 0) is 0 Å². The number of hydrogen-bond donors (Lipinski definition) is 0. The van der Waals surface area contributed by atoms with E-state index in [1.165, 1.54) is 11.3 Å². The summed E-state index contributed by atoms with van der Waals surface area (Å²) in [5.41, 5.74) is 0.956. The zero-order chi connectivity index (χ0) is 11.4. The second-order valence-corrected chi connectivity index (χ2v) is 4.25. The first-order chi connectivity index (χ1) is 7.79. The van der Waals surface area contributed by atoms with Gasteiger partial charge in [-0.1, -0.05) is 46.1 Å². The van der Waals surface area contributed by atoms with Crippen molar-refractivity contribution in [1.82, 2.24) is 10.2 Å². The van der Waals surface area contributed by atoms with Crippen LogP contribution < -0.4 is 4.74 Å². The monoisotopic (exact) mass is 250 g/mol. The van der Waals surface area contributed by atoms with Gasteiger partial charge in [-0.05, 0) is 12.1 Å². The lowest BCUT2D eigenvalue weighted by Gasteiger charge is -1.94. The minimum absolute atomic E-state index is 0.204. The third-order valence-electron chi connectivity index (χ3n) is 1.78. The quantitative estimate of drug-likeness (QED) is 0.786. The predicted octanol–water partition coefficient (Wildman–Crippen LogP) is 2.87. The van der Waals surface area contributed by atoms with Crippen molar-refractivity contribution in [3.05, 3.63) is 29.3 Å². The molecule has 0 N–H and O–H groups in total. The molecule has 5 heteroatoms. The molecule has 2 rings (SSSR count). The van der Waals surface area contributed by atoms with E-state index in [1.54, 1.807) is 12.1 Å². The van der Waals surface area contributed by atoms with E-state index in [9.17, 15) is 0 Å². The number of rotatable bonds is 3. The highest BCUT2D eigenvalue weighted by molar-refractivity contribution is 7.16. The van der Waals surface area contributed by atoms with Crippen LogP contribution in [0.15, 0.2) is 24.3 Å². The molecule has 0 spiro atoms. The van der Waals surface area contributed by atoms with E-state index < -0.39 is 0 Å². The van der Waals surface area contributed by atoms with Gasteiger partial charge in [0, 0.05) is 10.6 Å². The van der Waals surface area contributed by atoms with Gasteiger partial charge in [-0.25, -0.2) is 0 Å². The highest BCUT2D eigenvalue weighted by Crippen LogP contribution is 2.28. The van der Waals surface area contributed by atoms with Gasteiger partial charge in [-0.3, -0.25) is 0 Å². The summed E-state index contributed by atoms with van der Waals surface area (Å²) in [4.78, 5) is 0. The number of halogens is 1. The Labute approximate surface area is 102 Å². The predicted molar refractivity (Wildman–Crippen MR) is 64.7 cm³/mol. The molecule has 3 nitrogen and oxygen atoms in total.